The van der Waals surface area contributed by atoms with Gasteiger partial charge < -0.3 is 11.1 Å². The van der Waals surface area contributed by atoms with Crippen molar-refractivity contribution in [3.05, 3.63) is 35.6 Å². The highest BCUT2D eigenvalue weighted by Crippen LogP contribution is 2.43. The average Bonchev–Trinajstić information content (AvgIpc) is 2.48. The zero-order chi connectivity index (χ0) is 15.6. The first-order valence-corrected chi connectivity index (χ1v) is 8.37. The molecule has 0 spiro atoms. The molecule has 2 saturated carbocycles. The third kappa shape index (κ3) is 3.69. The molecule has 23 heavy (non-hydrogen) atoms. The lowest BCUT2D eigenvalue weighted by molar-refractivity contribution is -0.128. The van der Waals surface area contributed by atoms with Gasteiger partial charge in [0.15, 0.2) is 0 Å². The molecule has 128 valence electrons. The summed E-state index contributed by atoms with van der Waals surface area (Å²) in [5.74, 6) is -0.231. The van der Waals surface area contributed by atoms with Crippen molar-refractivity contribution in [3.8, 4) is 0 Å². The zero-order valence-corrected chi connectivity index (χ0v) is 14.3. The minimum absolute atomic E-state index is 0. The van der Waals surface area contributed by atoms with Crippen molar-refractivity contribution in [2.45, 2.75) is 62.3 Å². The standard InChI is InChI=1S/C18H25FN2O.ClH/c19-15-7-5-14(6-8-15)17(9-4-10-17)13-21-16(22)18(20)11-2-1-3-12-18;/h5-8H,1-4,9-13,20H2,(H,21,22);1H. The molecule has 0 atom stereocenters. The van der Waals surface area contributed by atoms with Gasteiger partial charge in [-0.2, -0.15) is 0 Å². The molecule has 0 radical (unpaired) electrons. The van der Waals surface area contributed by atoms with Crippen LogP contribution in [0.4, 0.5) is 4.39 Å². The first kappa shape index (κ1) is 18.2. The van der Waals surface area contributed by atoms with Gasteiger partial charge in [0, 0.05) is 12.0 Å². The second-order valence-corrected chi connectivity index (χ2v) is 7.04. The molecule has 3 N–H and O–H groups in total. The van der Waals surface area contributed by atoms with E-state index in [4.69, 9.17) is 5.73 Å². The maximum Gasteiger partial charge on any atom is 0.240 e. The molecular weight excluding hydrogens is 315 g/mol. The Hall–Kier alpha value is -1.13. The second-order valence-electron chi connectivity index (χ2n) is 7.04. The van der Waals surface area contributed by atoms with Gasteiger partial charge in [-0.1, -0.05) is 37.8 Å². The van der Waals surface area contributed by atoms with Crippen molar-refractivity contribution in [2.24, 2.45) is 5.73 Å². The number of amides is 1. The molecule has 1 aromatic rings. The lowest BCUT2D eigenvalue weighted by Gasteiger charge is -2.43. The van der Waals surface area contributed by atoms with Crippen molar-refractivity contribution in [1.29, 1.82) is 0 Å². The summed E-state index contributed by atoms with van der Waals surface area (Å²) in [6.45, 7) is 0.608. The van der Waals surface area contributed by atoms with E-state index < -0.39 is 5.54 Å². The summed E-state index contributed by atoms with van der Waals surface area (Å²) in [7, 11) is 0. The van der Waals surface area contributed by atoms with E-state index in [-0.39, 0.29) is 29.5 Å². The zero-order valence-electron chi connectivity index (χ0n) is 13.4. The minimum atomic E-state index is -0.689. The van der Waals surface area contributed by atoms with Crippen LogP contribution in [-0.2, 0) is 10.2 Å². The van der Waals surface area contributed by atoms with Crippen LogP contribution in [0.2, 0.25) is 0 Å². The van der Waals surface area contributed by atoms with Gasteiger partial charge in [0.25, 0.3) is 0 Å². The number of halogens is 2. The number of hydrogen-bond acceptors (Lipinski definition) is 2. The van der Waals surface area contributed by atoms with Crippen LogP contribution in [0, 0.1) is 5.82 Å². The van der Waals surface area contributed by atoms with E-state index in [9.17, 15) is 9.18 Å². The van der Waals surface area contributed by atoms with Crippen LogP contribution in [0.5, 0.6) is 0 Å². The Balaban J connectivity index is 0.00000192. The minimum Gasteiger partial charge on any atom is -0.354 e. The van der Waals surface area contributed by atoms with Crippen LogP contribution in [0.25, 0.3) is 0 Å². The fourth-order valence-corrected chi connectivity index (χ4v) is 3.81. The SMILES string of the molecule is Cl.NC1(C(=O)NCC2(c3ccc(F)cc3)CCC2)CCCCC1. The Morgan fingerprint density at radius 3 is 2.17 bits per heavy atom. The average molecular weight is 341 g/mol. The molecular formula is C18H26ClFN2O. The van der Waals surface area contributed by atoms with Crippen LogP contribution >= 0.6 is 12.4 Å². The highest BCUT2D eigenvalue weighted by atomic mass is 35.5. The van der Waals surface area contributed by atoms with Gasteiger partial charge in [-0.3, -0.25) is 4.79 Å². The van der Waals surface area contributed by atoms with Crippen LogP contribution in [0.1, 0.15) is 56.9 Å². The van der Waals surface area contributed by atoms with Crippen LogP contribution in [0.3, 0.4) is 0 Å². The summed E-state index contributed by atoms with van der Waals surface area (Å²) in [6, 6.07) is 6.70. The van der Waals surface area contributed by atoms with Gasteiger partial charge in [0.05, 0.1) is 5.54 Å². The molecule has 0 aromatic heterocycles. The highest BCUT2D eigenvalue weighted by Gasteiger charge is 2.41. The van der Waals surface area contributed by atoms with Gasteiger partial charge in [-0.05, 0) is 43.4 Å². The maximum absolute atomic E-state index is 13.1. The largest absolute Gasteiger partial charge is 0.354 e. The predicted octanol–water partition coefficient (Wildman–Crippen LogP) is 3.45. The monoisotopic (exact) mass is 340 g/mol. The number of carbonyl (C=O) groups excluding carboxylic acids is 1. The maximum atomic E-state index is 13.1. The van der Waals surface area contributed by atoms with Crippen LogP contribution in [0.15, 0.2) is 24.3 Å². The van der Waals surface area contributed by atoms with Gasteiger partial charge >= 0.3 is 0 Å². The number of hydrogen-bond donors (Lipinski definition) is 2. The number of nitrogens with one attached hydrogen (secondary N) is 1. The van der Waals surface area contributed by atoms with Crippen molar-refractivity contribution in [2.75, 3.05) is 6.54 Å². The van der Waals surface area contributed by atoms with Crippen LogP contribution in [-0.4, -0.2) is 18.0 Å². The Kier molecular flexibility index (Phi) is 5.69. The smallest absolute Gasteiger partial charge is 0.240 e. The molecule has 2 fully saturated rings. The Bertz CT molecular complexity index is 536. The first-order chi connectivity index (χ1) is 10.5. The van der Waals surface area contributed by atoms with Crippen molar-refractivity contribution >= 4 is 18.3 Å². The Labute approximate surface area is 143 Å². The summed E-state index contributed by atoms with van der Waals surface area (Å²) < 4.78 is 13.1. The van der Waals surface area contributed by atoms with Crippen molar-refractivity contribution in [3.63, 3.8) is 0 Å². The van der Waals surface area contributed by atoms with Gasteiger partial charge in [-0.25, -0.2) is 4.39 Å². The molecule has 1 amide bonds. The molecule has 3 nitrogen and oxygen atoms in total. The highest BCUT2D eigenvalue weighted by molar-refractivity contribution is 5.86. The summed E-state index contributed by atoms with van der Waals surface area (Å²) in [5.41, 5.74) is 6.69. The molecule has 2 aliphatic carbocycles. The molecule has 3 rings (SSSR count). The third-order valence-corrected chi connectivity index (χ3v) is 5.55. The number of carbonyl (C=O) groups is 1. The van der Waals surface area contributed by atoms with E-state index in [1.807, 2.05) is 12.1 Å². The second kappa shape index (κ2) is 7.18. The normalized spacial score (nSPS) is 21.7. The quantitative estimate of drug-likeness (QED) is 0.882. The molecule has 0 heterocycles. The van der Waals surface area contributed by atoms with E-state index in [0.29, 0.717) is 6.54 Å². The van der Waals surface area contributed by atoms with Crippen molar-refractivity contribution < 1.29 is 9.18 Å². The van der Waals surface area contributed by atoms with Gasteiger partial charge in [0.2, 0.25) is 5.91 Å². The van der Waals surface area contributed by atoms with Gasteiger partial charge in [-0.15, -0.1) is 12.4 Å². The van der Waals surface area contributed by atoms with E-state index >= 15 is 0 Å². The predicted molar refractivity (Wildman–Crippen MR) is 92.2 cm³/mol. The summed E-state index contributed by atoms with van der Waals surface area (Å²) in [6.07, 6.45) is 8.03. The fourth-order valence-electron chi connectivity index (χ4n) is 3.81. The van der Waals surface area contributed by atoms with E-state index in [1.165, 1.54) is 18.6 Å². The summed E-state index contributed by atoms with van der Waals surface area (Å²) >= 11 is 0. The van der Waals surface area contributed by atoms with E-state index in [2.05, 4.69) is 5.32 Å². The summed E-state index contributed by atoms with van der Waals surface area (Å²) in [5, 5.41) is 3.09. The lowest BCUT2D eigenvalue weighted by atomic mass is 9.64. The molecule has 0 aliphatic heterocycles. The Morgan fingerprint density at radius 2 is 1.65 bits per heavy atom. The van der Waals surface area contributed by atoms with E-state index in [1.54, 1.807) is 0 Å². The number of rotatable bonds is 4. The summed E-state index contributed by atoms with van der Waals surface area (Å²) in [4.78, 5) is 12.5. The molecule has 1 aromatic carbocycles. The number of nitrogens with two attached hydrogens (primary N) is 1. The molecule has 0 bridgehead atoms. The molecule has 5 heteroatoms. The molecule has 2 aliphatic rings. The van der Waals surface area contributed by atoms with Gasteiger partial charge in [0.1, 0.15) is 5.82 Å². The van der Waals surface area contributed by atoms with E-state index in [0.717, 1.165) is 50.5 Å². The number of benzene rings is 1. The fraction of sp³-hybridized carbons (Fsp3) is 0.611. The lowest BCUT2D eigenvalue weighted by Crippen LogP contribution is -2.57. The third-order valence-electron chi connectivity index (χ3n) is 5.55. The Morgan fingerprint density at radius 1 is 1.04 bits per heavy atom. The van der Waals surface area contributed by atoms with Crippen LogP contribution < -0.4 is 11.1 Å². The first-order valence-electron chi connectivity index (χ1n) is 8.37. The molecule has 0 unspecified atom stereocenters. The molecule has 0 saturated heterocycles. The van der Waals surface area contributed by atoms with Crippen molar-refractivity contribution in [1.82, 2.24) is 5.32 Å². The topological polar surface area (TPSA) is 55.1 Å².